The topological polar surface area (TPSA) is 111 Å². The van der Waals surface area contributed by atoms with E-state index in [0.717, 1.165) is 10.8 Å². The Morgan fingerprint density at radius 2 is 1.72 bits per heavy atom. The second-order valence-corrected chi connectivity index (χ2v) is 11.5. The van der Waals surface area contributed by atoms with Crippen molar-refractivity contribution in [2.75, 3.05) is 46.4 Å². The Hall–Kier alpha value is -2.40. The molecule has 0 unspecified atom stereocenters. The summed E-state index contributed by atoms with van der Waals surface area (Å²) in [5, 5.41) is 9.98. The molecule has 0 saturated carbocycles. The molecule has 0 radical (unpaired) electrons. The largest absolute Gasteiger partial charge is 0.469 e. The van der Waals surface area contributed by atoms with Crippen LogP contribution in [0, 0.1) is 10.8 Å². The fourth-order valence-electron chi connectivity index (χ4n) is 4.84. The van der Waals surface area contributed by atoms with E-state index in [1.165, 1.54) is 17.5 Å². The summed E-state index contributed by atoms with van der Waals surface area (Å²) in [6.07, 6.45) is 0.922. The summed E-state index contributed by atoms with van der Waals surface area (Å²) in [6.45, 7) is 2.97. The van der Waals surface area contributed by atoms with Crippen molar-refractivity contribution in [2.24, 2.45) is 5.41 Å². The van der Waals surface area contributed by atoms with Crippen LogP contribution in [0.4, 0.5) is 0 Å². The highest BCUT2D eigenvalue weighted by atomic mass is 35.5. The van der Waals surface area contributed by atoms with Crippen LogP contribution < -0.4 is 0 Å². The molecule has 2 aromatic carbocycles. The van der Waals surface area contributed by atoms with Crippen molar-refractivity contribution >= 4 is 62.5 Å². The fraction of sp³-hybridized carbons (Fsp3) is 0.458. The molecule has 1 N–H and O–H groups in total. The maximum Gasteiger partial charge on any atom is 0.313 e. The molecule has 2 aliphatic heterocycles. The van der Waals surface area contributed by atoms with E-state index in [9.17, 15) is 18.0 Å². The van der Waals surface area contributed by atoms with Gasteiger partial charge in [0.2, 0.25) is 15.9 Å². The van der Waals surface area contributed by atoms with Gasteiger partial charge in [0.05, 0.1) is 29.8 Å². The number of benzene rings is 2. The van der Waals surface area contributed by atoms with Gasteiger partial charge in [0, 0.05) is 37.7 Å². The monoisotopic (exact) mass is 556 g/mol. The van der Waals surface area contributed by atoms with Gasteiger partial charge in [-0.15, -0.1) is 12.4 Å². The highest BCUT2D eigenvalue weighted by molar-refractivity contribution is 7.89. The molecular formula is C24H30Cl2N4O5S. The summed E-state index contributed by atoms with van der Waals surface area (Å²) in [7, 11) is -2.54. The Kier molecular flexibility index (Phi) is 8.55. The first kappa shape index (κ1) is 28.2. The number of amides is 1. The molecule has 196 valence electrons. The maximum atomic E-state index is 13.3. The SMILES string of the molecule is COC(=O)C1(CN2CCN(S(=O)(=O)c3ccc4cc(Cl)ccc4c3)CC2=O)CCN(C(C)=N)CC1.Cl. The van der Waals surface area contributed by atoms with E-state index < -0.39 is 15.4 Å². The van der Waals surface area contributed by atoms with Crippen LogP contribution in [0.2, 0.25) is 5.02 Å². The molecule has 2 saturated heterocycles. The minimum atomic E-state index is -3.88. The van der Waals surface area contributed by atoms with Crippen LogP contribution in [0.15, 0.2) is 41.3 Å². The molecule has 0 spiro atoms. The van der Waals surface area contributed by atoms with E-state index in [2.05, 4.69) is 0 Å². The minimum absolute atomic E-state index is 0. The first-order chi connectivity index (χ1) is 16.6. The Labute approximate surface area is 222 Å². The van der Waals surface area contributed by atoms with Gasteiger partial charge in [-0.3, -0.25) is 15.0 Å². The van der Waals surface area contributed by atoms with E-state index >= 15 is 0 Å². The molecule has 12 heteroatoms. The van der Waals surface area contributed by atoms with E-state index in [0.29, 0.717) is 36.8 Å². The second kappa shape index (κ2) is 10.9. The molecule has 0 bridgehead atoms. The van der Waals surface area contributed by atoms with Crippen LogP contribution >= 0.6 is 24.0 Å². The molecule has 2 aromatic rings. The molecule has 2 fully saturated rings. The summed E-state index contributed by atoms with van der Waals surface area (Å²) in [5.41, 5.74) is -0.864. The van der Waals surface area contributed by atoms with Crippen LogP contribution in [0.3, 0.4) is 0 Å². The van der Waals surface area contributed by atoms with Crippen LogP contribution in [0.1, 0.15) is 19.8 Å². The zero-order valence-electron chi connectivity index (χ0n) is 20.2. The van der Waals surface area contributed by atoms with Crippen molar-refractivity contribution in [1.29, 1.82) is 5.41 Å². The Balaban J connectivity index is 0.00000361. The molecule has 1 amide bonds. The number of ether oxygens (including phenoxy) is 1. The zero-order valence-corrected chi connectivity index (χ0v) is 22.6. The molecule has 0 aliphatic carbocycles. The lowest BCUT2D eigenvalue weighted by molar-refractivity contribution is -0.158. The number of methoxy groups -OCH3 is 1. The molecular weight excluding hydrogens is 527 g/mol. The standard InChI is InChI=1S/C24H29ClN4O5S.ClH/c1-17(26)27-9-7-24(8-10-27,23(31)34-2)16-28-11-12-29(15-22(28)30)35(32,33)21-6-4-18-13-20(25)5-3-19(18)14-21;/h3-6,13-14,26H,7-12,15-16H2,1-2H3;1H. The van der Waals surface area contributed by atoms with Crippen LogP contribution in [0.25, 0.3) is 10.8 Å². The Bertz CT molecular complexity index is 1280. The molecule has 0 aromatic heterocycles. The highest BCUT2D eigenvalue weighted by Gasteiger charge is 2.46. The van der Waals surface area contributed by atoms with Gasteiger partial charge in [-0.2, -0.15) is 4.31 Å². The minimum Gasteiger partial charge on any atom is -0.469 e. The lowest BCUT2D eigenvalue weighted by atomic mass is 9.77. The number of piperazine rings is 1. The van der Waals surface area contributed by atoms with Crippen LogP contribution in [-0.4, -0.2) is 86.6 Å². The second-order valence-electron chi connectivity index (χ2n) is 9.15. The number of fused-ring (bicyclic) bond motifs is 1. The number of nitrogens with one attached hydrogen (secondary N) is 1. The predicted octanol–water partition coefficient (Wildman–Crippen LogP) is 3.00. The van der Waals surface area contributed by atoms with Crippen molar-refractivity contribution in [1.82, 2.24) is 14.1 Å². The number of carbonyl (C=O) groups excluding carboxylic acids is 2. The number of likely N-dealkylation sites (tertiary alicyclic amines) is 1. The summed E-state index contributed by atoms with van der Waals surface area (Å²) >= 11 is 6.02. The normalized spacial score (nSPS) is 18.6. The zero-order chi connectivity index (χ0) is 25.4. The number of esters is 1. The Morgan fingerprint density at radius 1 is 1.08 bits per heavy atom. The van der Waals surface area contributed by atoms with Crippen molar-refractivity contribution in [3.05, 3.63) is 41.4 Å². The number of nitrogens with zero attached hydrogens (tertiary/aromatic N) is 3. The third-order valence-corrected chi connectivity index (χ3v) is 9.08. The number of hydrogen-bond acceptors (Lipinski definition) is 6. The average Bonchev–Trinajstić information content (AvgIpc) is 2.84. The van der Waals surface area contributed by atoms with E-state index in [1.807, 2.05) is 4.90 Å². The quantitative estimate of drug-likeness (QED) is 0.344. The molecule has 4 rings (SSSR count). The number of amidine groups is 1. The predicted molar refractivity (Wildman–Crippen MR) is 140 cm³/mol. The van der Waals surface area contributed by atoms with Crippen molar-refractivity contribution in [3.8, 4) is 0 Å². The van der Waals surface area contributed by atoms with Gasteiger partial charge >= 0.3 is 5.97 Å². The van der Waals surface area contributed by atoms with Gasteiger partial charge in [-0.25, -0.2) is 8.42 Å². The van der Waals surface area contributed by atoms with Gasteiger partial charge in [-0.1, -0.05) is 23.7 Å². The van der Waals surface area contributed by atoms with Crippen LogP contribution in [0.5, 0.6) is 0 Å². The van der Waals surface area contributed by atoms with Gasteiger partial charge < -0.3 is 14.5 Å². The van der Waals surface area contributed by atoms with Gasteiger partial charge in [0.25, 0.3) is 0 Å². The summed E-state index contributed by atoms with van der Waals surface area (Å²) in [4.78, 5) is 29.4. The summed E-state index contributed by atoms with van der Waals surface area (Å²) in [5.74, 6) is -0.282. The molecule has 0 atom stereocenters. The number of halogens is 2. The molecule has 9 nitrogen and oxygen atoms in total. The highest BCUT2D eigenvalue weighted by Crippen LogP contribution is 2.35. The number of hydrogen-bond donors (Lipinski definition) is 1. The molecule has 2 heterocycles. The van der Waals surface area contributed by atoms with Gasteiger partial charge in [0.1, 0.15) is 0 Å². The van der Waals surface area contributed by atoms with Crippen molar-refractivity contribution in [3.63, 3.8) is 0 Å². The smallest absolute Gasteiger partial charge is 0.313 e. The fourth-order valence-corrected chi connectivity index (χ4v) is 6.44. The van der Waals surface area contributed by atoms with E-state index in [4.69, 9.17) is 21.7 Å². The maximum absolute atomic E-state index is 13.3. The third kappa shape index (κ3) is 5.46. The number of piperidine rings is 1. The number of rotatable bonds is 5. The van der Waals surface area contributed by atoms with E-state index in [-0.39, 0.29) is 55.4 Å². The third-order valence-electron chi connectivity index (χ3n) is 7.00. The lowest BCUT2D eigenvalue weighted by Crippen LogP contribution is -2.58. The lowest BCUT2D eigenvalue weighted by Gasteiger charge is -2.44. The van der Waals surface area contributed by atoms with Gasteiger partial charge in [-0.05, 0) is 54.8 Å². The van der Waals surface area contributed by atoms with Crippen molar-refractivity contribution < 1.29 is 22.7 Å². The summed E-state index contributed by atoms with van der Waals surface area (Å²) in [6, 6.07) is 10.0. The van der Waals surface area contributed by atoms with Crippen LogP contribution in [-0.2, 0) is 24.3 Å². The average molecular weight is 558 g/mol. The number of carbonyl (C=O) groups is 2. The van der Waals surface area contributed by atoms with Gasteiger partial charge in [0.15, 0.2) is 0 Å². The molecule has 36 heavy (non-hydrogen) atoms. The van der Waals surface area contributed by atoms with E-state index in [1.54, 1.807) is 42.2 Å². The Morgan fingerprint density at radius 3 is 2.33 bits per heavy atom. The molecule has 2 aliphatic rings. The van der Waals surface area contributed by atoms with Crippen molar-refractivity contribution in [2.45, 2.75) is 24.7 Å². The number of sulfonamides is 1. The summed E-state index contributed by atoms with van der Waals surface area (Å²) < 4.78 is 32.8. The first-order valence-electron chi connectivity index (χ1n) is 11.4. The first-order valence-corrected chi connectivity index (χ1v) is 13.2.